The molecule has 2 rings (SSSR count). The number of nitrogens with two attached hydrogens (primary N) is 1. The Morgan fingerprint density at radius 2 is 2.19 bits per heavy atom. The monoisotopic (exact) mass is 282 g/mol. The van der Waals surface area contributed by atoms with Crippen molar-refractivity contribution in [1.82, 2.24) is 5.16 Å². The molecule has 0 atom stereocenters. The smallest absolute Gasteiger partial charge is 0.229 e. The van der Waals surface area contributed by atoms with Crippen LogP contribution in [0.4, 0.5) is 5.88 Å². The van der Waals surface area contributed by atoms with E-state index in [2.05, 4.69) is 21.1 Å². The molecule has 1 aromatic carbocycles. The molecule has 2 aromatic rings. The van der Waals surface area contributed by atoms with Gasteiger partial charge in [-0.2, -0.15) is 0 Å². The third-order valence-electron chi connectivity index (χ3n) is 2.43. The standard InChI is InChI=1S/C11H11BrN2O2/c1-6-9(12)3-7(4-10(6)15-2)8-5-14-16-11(8)13/h3-5H,13H2,1-2H3. The van der Waals surface area contributed by atoms with Gasteiger partial charge in [0.1, 0.15) is 5.75 Å². The van der Waals surface area contributed by atoms with Gasteiger partial charge in [-0.15, -0.1) is 0 Å². The van der Waals surface area contributed by atoms with Crippen molar-refractivity contribution >= 4 is 21.8 Å². The lowest BCUT2D eigenvalue weighted by molar-refractivity contribution is 0.411. The van der Waals surface area contributed by atoms with Crippen LogP contribution in [0.3, 0.4) is 0 Å². The number of benzene rings is 1. The zero-order chi connectivity index (χ0) is 11.7. The van der Waals surface area contributed by atoms with Crippen molar-refractivity contribution in [3.63, 3.8) is 0 Å². The predicted molar refractivity (Wildman–Crippen MR) is 65.3 cm³/mol. The molecule has 2 N–H and O–H groups in total. The molecule has 0 saturated carbocycles. The predicted octanol–water partition coefficient (Wildman–Crippen LogP) is 3.00. The molecule has 4 nitrogen and oxygen atoms in total. The van der Waals surface area contributed by atoms with Crippen LogP contribution in [-0.4, -0.2) is 12.3 Å². The minimum Gasteiger partial charge on any atom is -0.496 e. The van der Waals surface area contributed by atoms with Crippen LogP contribution in [0.1, 0.15) is 5.56 Å². The Hall–Kier alpha value is -1.49. The van der Waals surface area contributed by atoms with E-state index in [-0.39, 0.29) is 0 Å². The third-order valence-corrected chi connectivity index (χ3v) is 3.25. The Bertz CT molecular complexity index is 523. The summed E-state index contributed by atoms with van der Waals surface area (Å²) in [6, 6.07) is 3.86. The normalized spacial score (nSPS) is 10.4. The van der Waals surface area contributed by atoms with Crippen molar-refractivity contribution < 1.29 is 9.26 Å². The average Bonchev–Trinajstić information content (AvgIpc) is 2.68. The topological polar surface area (TPSA) is 61.3 Å². The number of hydrogen-bond donors (Lipinski definition) is 1. The zero-order valence-electron chi connectivity index (χ0n) is 8.95. The second-order valence-electron chi connectivity index (χ2n) is 3.39. The van der Waals surface area contributed by atoms with Crippen molar-refractivity contribution in [2.45, 2.75) is 6.92 Å². The fourth-order valence-corrected chi connectivity index (χ4v) is 1.93. The van der Waals surface area contributed by atoms with E-state index in [4.69, 9.17) is 15.0 Å². The molecule has 5 heteroatoms. The molecule has 1 heterocycles. The first-order valence-corrected chi connectivity index (χ1v) is 5.47. The van der Waals surface area contributed by atoms with Crippen LogP contribution in [0.25, 0.3) is 11.1 Å². The lowest BCUT2D eigenvalue weighted by atomic mass is 10.1. The summed E-state index contributed by atoms with van der Waals surface area (Å²) in [6.45, 7) is 1.98. The molecular formula is C11H11BrN2O2. The number of anilines is 1. The van der Waals surface area contributed by atoms with Crippen LogP contribution in [0.15, 0.2) is 27.3 Å². The van der Waals surface area contributed by atoms with Gasteiger partial charge in [-0.25, -0.2) is 0 Å². The highest BCUT2D eigenvalue weighted by Crippen LogP contribution is 2.34. The molecule has 0 aliphatic rings. The first-order valence-electron chi connectivity index (χ1n) is 4.68. The lowest BCUT2D eigenvalue weighted by Crippen LogP contribution is -1.91. The third kappa shape index (κ3) is 1.78. The van der Waals surface area contributed by atoms with Gasteiger partial charge in [0.15, 0.2) is 0 Å². The van der Waals surface area contributed by atoms with Crippen LogP contribution >= 0.6 is 15.9 Å². The molecule has 0 radical (unpaired) electrons. The molecule has 16 heavy (non-hydrogen) atoms. The number of nitrogens with zero attached hydrogens (tertiary/aromatic N) is 1. The van der Waals surface area contributed by atoms with E-state index in [0.717, 1.165) is 26.9 Å². The van der Waals surface area contributed by atoms with Gasteiger partial charge < -0.3 is 15.0 Å². The molecule has 0 saturated heterocycles. The largest absolute Gasteiger partial charge is 0.496 e. The minimum atomic E-state index is 0.304. The Kier molecular flexibility index (Phi) is 2.87. The molecule has 0 aliphatic carbocycles. The van der Waals surface area contributed by atoms with Gasteiger partial charge in [0.2, 0.25) is 5.88 Å². The number of hydrogen-bond acceptors (Lipinski definition) is 4. The van der Waals surface area contributed by atoms with Crippen LogP contribution < -0.4 is 10.5 Å². The molecule has 84 valence electrons. The first-order chi connectivity index (χ1) is 7.63. The summed E-state index contributed by atoms with van der Waals surface area (Å²) in [4.78, 5) is 0. The van der Waals surface area contributed by atoms with E-state index >= 15 is 0 Å². The van der Waals surface area contributed by atoms with Gasteiger partial charge in [0, 0.05) is 10.0 Å². The van der Waals surface area contributed by atoms with E-state index in [1.54, 1.807) is 13.3 Å². The quantitative estimate of drug-likeness (QED) is 0.920. The lowest BCUT2D eigenvalue weighted by Gasteiger charge is -2.09. The molecule has 0 fully saturated rings. The number of methoxy groups -OCH3 is 1. The van der Waals surface area contributed by atoms with Gasteiger partial charge in [-0.3, -0.25) is 0 Å². The second-order valence-corrected chi connectivity index (χ2v) is 4.24. The van der Waals surface area contributed by atoms with E-state index in [1.165, 1.54) is 0 Å². The Morgan fingerprint density at radius 3 is 2.75 bits per heavy atom. The van der Waals surface area contributed by atoms with Crippen molar-refractivity contribution in [1.29, 1.82) is 0 Å². The van der Waals surface area contributed by atoms with E-state index in [1.807, 2.05) is 19.1 Å². The molecule has 0 amide bonds. The number of halogens is 1. The average molecular weight is 283 g/mol. The van der Waals surface area contributed by atoms with Gasteiger partial charge in [-0.05, 0) is 24.6 Å². The molecule has 0 bridgehead atoms. The van der Waals surface area contributed by atoms with Gasteiger partial charge in [0.25, 0.3) is 0 Å². The van der Waals surface area contributed by atoms with E-state index in [9.17, 15) is 0 Å². The number of ether oxygens (including phenoxy) is 1. The van der Waals surface area contributed by atoms with Crippen molar-refractivity contribution in [2.24, 2.45) is 0 Å². The zero-order valence-corrected chi connectivity index (χ0v) is 10.5. The molecular weight excluding hydrogens is 272 g/mol. The Balaban J connectivity index is 2.59. The summed E-state index contributed by atoms with van der Waals surface area (Å²) >= 11 is 3.48. The highest BCUT2D eigenvalue weighted by atomic mass is 79.9. The van der Waals surface area contributed by atoms with Gasteiger partial charge >= 0.3 is 0 Å². The van der Waals surface area contributed by atoms with Gasteiger partial charge in [-0.1, -0.05) is 21.1 Å². The van der Waals surface area contributed by atoms with Gasteiger partial charge in [0.05, 0.1) is 18.9 Å². The first kappa shape index (κ1) is 11.0. The minimum absolute atomic E-state index is 0.304. The summed E-state index contributed by atoms with van der Waals surface area (Å²) in [5, 5.41) is 3.65. The summed E-state index contributed by atoms with van der Waals surface area (Å²) in [5.41, 5.74) is 8.38. The molecule has 1 aromatic heterocycles. The Morgan fingerprint density at radius 1 is 1.44 bits per heavy atom. The second kappa shape index (κ2) is 4.17. The van der Waals surface area contributed by atoms with Crippen LogP contribution in [0.5, 0.6) is 5.75 Å². The summed E-state index contributed by atoms with van der Waals surface area (Å²) in [5.74, 6) is 1.10. The molecule has 0 aliphatic heterocycles. The fourth-order valence-electron chi connectivity index (χ4n) is 1.49. The summed E-state index contributed by atoms with van der Waals surface area (Å²) in [7, 11) is 1.63. The highest BCUT2D eigenvalue weighted by Gasteiger charge is 2.11. The van der Waals surface area contributed by atoms with E-state index in [0.29, 0.717) is 5.88 Å². The van der Waals surface area contributed by atoms with Crippen molar-refractivity contribution in [2.75, 3.05) is 12.8 Å². The van der Waals surface area contributed by atoms with Crippen LogP contribution in [-0.2, 0) is 0 Å². The maximum Gasteiger partial charge on any atom is 0.229 e. The SMILES string of the molecule is COc1cc(-c2cnoc2N)cc(Br)c1C. The maximum absolute atomic E-state index is 5.67. The number of nitrogen functional groups attached to an aromatic ring is 1. The van der Waals surface area contributed by atoms with Crippen molar-refractivity contribution in [3.8, 4) is 16.9 Å². The van der Waals surface area contributed by atoms with Crippen LogP contribution in [0.2, 0.25) is 0 Å². The molecule has 0 unspecified atom stereocenters. The fraction of sp³-hybridized carbons (Fsp3) is 0.182. The molecule has 0 spiro atoms. The Labute approximate surface area is 102 Å². The summed E-state index contributed by atoms with van der Waals surface area (Å²) in [6.07, 6.45) is 1.59. The maximum atomic E-state index is 5.67. The van der Waals surface area contributed by atoms with Crippen molar-refractivity contribution in [3.05, 3.63) is 28.4 Å². The number of rotatable bonds is 2. The van der Waals surface area contributed by atoms with E-state index < -0.39 is 0 Å². The summed E-state index contributed by atoms with van der Waals surface area (Å²) < 4.78 is 11.1. The highest BCUT2D eigenvalue weighted by molar-refractivity contribution is 9.10. The van der Waals surface area contributed by atoms with Crippen LogP contribution in [0, 0.1) is 6.92 Å². The number of aromatic nitrogens is 1.